The highest BCUT2D eigenvalue weighted by molar-refractivity contribution is 5.54. The number of aryl methyl sites for hydroxylation is 1. The number of nitro benzene ring substituents is 1. The van der Waals surface area contributed by atoms with E-state index in [-0.39, 0.29) is 10.6 Å². The second kappa shape index (κ2) is 7.98. The van der Waals surface area contributed by atoms with Crippen molar-refractivity contribution >= 4 is 5.69 Å². The Morgan fingerprint density at radius 1 is 1.27 bits per heavy atom. The third-order valence-electron chi connectivity index (χ3n) is 4.02. The van der Waals surface area contributed by atoms with Crippen LogP contribution in [0.2, 0.25) is 0 Å². The summed E-state index contributed by atoms with van der Waals surface area (Å²) in [4.78, 5) is 13.2. The Morgan fingerprint density at radius 2 is 2.00 bits per heavy atom. The van der Waals surface area contributed by atoms with Crippen molar-refractivity contribution in [3.05, 3.63) is 27.8 Å². The molecule has 0 unspecified atom stereocenters. The van der Waals surface area contributed by atoms with Gasteiger partial charge in [0.2, 0.25) is 0 Å². The average Bonchev–Trinajstić information content (AvgIpc) is 3.04. The van der Waals surface area contributed by atoms with Crippen molar-refractivity contribution in [2.45, 2.75) is 32.6 Å². The molecule has 0 spiro atoms. The lowest BCUT2D eigenvalue weighted by atomic mass is 10.1. The van der Waals surface area contributed by atoms with Gasteiger partial charge in [-0.25, -0.2) is 0 Å². The minimum atomic E-state index is -0.366. The first-order chi connectivity index (χ1) is 10.7. The molecule has 1 saturated heterocycles. The van der Waals surface area contributed by atoms with Crippen molar-refractivity contribution in [3.63, 3.8) is 0 Å². The Labute approximate surface area is 131 Å². The molecule has 1 aliphatic heterocycles. The monoisotopic (exact) mass is 308 g/mol. The molecule has 0 saturated carbocycles. The summed E-state index contributed by atoms with van der Waals surface area (Å²) in [5.41, 5.74) is 0.754. The van der Waals surface area contributed by atoms with E-state index in [9.17, 15) is 10.1 Å². The predicted octanol–water partition coefficient (Wildman–Crippen LogP) is 3.03. The van der Waals surface area contributed by atoms with Gasteiger partial charge in [0, 0.05) is 12.1 Å². The number of rotatable bonds is 8. The van der Waals surface area contributed by atoms with Crippen LogP contribution in [0.1, 0.15) is 31.7 Å². The van der Waals surface area contributed by atoms with Gasteiger partial charge in [0.15, 0.2) is 11.5 Å². The van der Waals surface area contributed by atoms with Crippen molar-refractivity contribution in [2.75, 3.05) is 33.4 Å². The molecule has 0 aliphatic carbocycles. The smallest absolute Gasteiger partial charge is 0.276 e. The van der Waals surface area contributed by atoms with Gasteiger partial charge < -0.3 is 14.4 Å². The third-order valence-corrected chi connectivity index (χ3v) is 4.02. The van der Waals surface area contributed by atoms with Crippen molar-refractivity contribution in [1.82, 2.24) is 4.90 Å². The van der Waals surface area contributed by atoms with E-state index in [1.165, 1.54) is 32.0 Å². The Kier molecular flexibility index (Phi) is 6.00. The molecule has 0 atom stereocenters. The number of methoxy groups -OCH3 is 1. The van der Waals surface area contributed by atoms with Crippen LogP contribution in [0, 0.1) is 10.1 Å². The van der Waals surface area contributed by atoms with Crippen LogP contribution in [0.3, 0.4) is 0 Å². The predicted molar refractivity (Wildman–Crippen MR) is 84.8 cm³/mol. The zero-order valence-corrected chi connectivity index (χ0v) is 13.3. The van der Waals surface area contributed by atoms with Crippen LogP contribution in [0.25, 0.3) is 0 Å². The van der Waals surface area contributed by atoms with Crippen molar-refractivity contribution in [3.8, 4) is 11.5 Å². The topological polar surface area (TPSA) is 64.8 Å². The molecule has 2 rings (SSSR count). The van der Waals surface area contributed by atoms with E-state index in [1.54, 1.807) is 13.2 Å². The first-order valence-corrected chi connectivity index (χ1v) is 7.86. The van der Waals surface area contributed by atoms with Crippen LogP contribution in [-0.2, 0) is 6.42 Å². The summed E-state index contributed by atoms with van der Waals surface area (Å²) in [6.07, 6.45) is 4.05. The second-order valence-electron chi connectivity index (χ2n) is 5.49. The van der Waals surface area contributed by atoms with E-state index in [0.717, 1.165) is 13.0 Å². The normalized spacial score (nSPS) is 15.0. The van der Waals surface area contributed by atoms with E-state index < -0.39 is 0 Å². The Bertz CT molecular complexity index is 513. The SMILES string of the molecule is CCc1cc(OC)c(OCCCN2CCCC2)cc1[N+](=O)[O-]. The maximum Gasteiger partial charge on any atom is 0.276 e. The minimum absolute atomic E-state index is 0.0952. The summed E-state index contributed by atoms with van der Waals surface area (Å²) in [5.74, 6) is 1.01. The third kappa shape index (κ3) is 4.10. The van der Waals surface area contributed by atoms with E-state index in [0.29, 0.717) is 30.1 Å². The average molecular weight is 308 g/mol. The number of hydrogen-bond acceptors (Lipinski definition) is 5. The van der Waals surface area contributed by atoms with Gasteiger partial charge in [0.1, 0.15) is 0 Å². The standard InChI is InChI=1S/C16H24N2O4/c1-3-13-11-15(21-2)16(12-14(13)18(19)20)22-10-6-9-17-7-4-5-8-17/h11-12H,3-10H2,1-2H3. The van der Waals surface area contributed by atoms with Crippen LogP contribution in [0.5, 0.6) is 11.5 Å². The molecule has 1 aromatic carbocycles. The molecule has 1 fully saturated rings. The van der Waals surface area contributed by atoms with Gasteiger partial charge in [-0.1, -0.05) is 6.92 Å². The summed E-state index contributed by atoms with van der Waals surface area (Å²) < 4.78 is 11.0. The van der Waals surface area contributed by atoms with Gasteiger partial charge in [-0.15, -0.1) is 0 Å². The van der Waals surface area contributed by atoms with E-state index >= 15 is 0 Å². The first-order valence-electron chi connectivity index (χ1n) is 7.86. The molecular weight excluding hydrogens is 284 g/mol. The minimum Gasteiger partial charge on any atom is -0.493 e. The highest BCUT2D eigenvalue weighted by atomic mass is 16.6. The molecule has 0 amide bonds. The van der Waals surface area contributed by atoms with E-state index in [4.69, 9.17) is 9.47 Å². The molecule has 0 radical (unpaired) electrons. The molecule has 1 heterocycles. The van der Waals surface area contributed by atoms with E-state index in [1.807, 2.05) is 6.92 Å². The Balaban J connectivity index is 1.98. The summed E-state index contributed by atoms with van der Waals surface area (Å²) in [5, 5.41) is 11.1. The summed E-state index contributed by atoms with van der Waals surface area (Å²) >= 11 is 0. The lowest BCUT2D eigenvalue weighted by Crippen LogP contribution is -2.22. The van der Waals surface area contributed by atoms with Gasteiger partial charge in [0.25, 0.3) is 5.69 Å². The fourth-order valence-corrected chi connectivity index (χ4v) is 2.79. The van der Waals surface area contributed by atoms with Crippen molar-refractivity contribution in [2.24, 2.45) is 0 Å². The number of nitrogens with zero attached hydrogens (tertiary/aromatic N) is 2. The van der Waals surface area contributed by atoms with Crippen LogP contribution in [0.15, 0.2) is 12.1 Å². The fourth-order valence-electron chi connectivity index (χ4n) is 2.79. The zero-order valence-electron chi connectivity index (χ0n) is 13.3. The number of nitro groups is 1. The summed E-state index contributed by atoms with van der Waals surface area (Å²) in [6.45, 7) is 5.77. The molecular formula is C16H24N2O4. The summed E-state index contributed by atoms with van der Waals surface area (Å²) in [7, 11) is 1.55. The van der Waals surface area contributed by atoms with Gasteiger partial charge >= 0.3 is 0 Å². The van der Waals surface area contributed by atoms with Gasteiger partial charge in [-0.2, -0.15) is 0 Å². The molecule has 0 aromatic heterocycles. The van der Waals surface area contributed by atoms with Crippen LogP contribution in [0.4, 0.5) is 5.69 Å². The maximum absolute atomic E-state index is 11.1. The molecule has 1 aromatic rings. The number of ether oxygens (including phenoxy) is 2. The van der Waals surface area contributed by atoms with Crippen LogP contribution >= 0.6 is 0 Å². The molecule has 0 N–H and O–H groups in total. The molecule has 22 heavy (non-hydrogen) atoms. The van der Waals surface area contributed by atoms with Crippen molar-refractivity contribution < 1.29 is 14.4 Å². The van der Waals surface area contributed by atoms with Gasteiger partial charge in [-0.05, 0) is 44.8 Å². The Hall–Kier alpha value is -1.82. The number of likely N-dealkylation sites (tertiary alicyclic amines) is 1. The summed E-state index contributed by atoms with van der Waals surface area (Å²) in [6, 6.07) is 3.18. The number of hydrogen-bond donors (Lipinski definition) is 0. The number of benzene rings is 1. The largest absolute Gasteiger partial charge is 0.493 e. The lowest BCUT2D eigenvalue weighted by Gasteiger charge is -2.15. The highest BCUT2D eigenvalue weighted by Crippen LogP contribution is 2.35. The first kappa shape index (κ1) is 16.5. The highest BCUT2D eigenvalue weighted by Gasteiger charge is 2.18. The molecule has 1 aliphatic rings. The second-order valence-corrected chi connectivity index (χ2v) is 5.49. The fraction of sp³-hybridized carbons (Fsp3) is 0.625. The van der Waals surface area contributed by atoms with Gasteiger partial charge in [0.05, 0.1) is 24.7 Å². The van der Waals surface area contributed by atoms with Crippen LogP contribution in [-0.4, -0.2) is 43.2 Å². The molecule has 6 nitrogen and oxygen atoms in total. The van der Waals surface area contributed by atoms with Crippen LogP contribution < -0.4 is 9.47 Å². The lowest BCUT2D eigenvalue weighted by molar-refractivity contribution is -0.385. The molecule has 122 valence electrons. The Morgan fingerprint density at radius 3 is 2.59 bits per heavy atom. The van der Waals surface area contributed by atoms with Crippen molar-refractivity contribution in [1.29, 1.82) is 0 Å². The molecule has 0 bridgehead atoms. The quantitative estimate of drug-likeness (QED) is 0.419. The molecule has 6 heteroatoms. The maximum atomic E-state index is 11.1. The van der Waals surface area contributed by atoms with E-state index in [2.05, 4.69) is 4.90 Å². The zero-order chi connectivity index (χ0) is 15.9. The van der Waals surface area contributed by atoms with Gasteiger partial charge in [-0.3, -0.25) is 10.1 Å².